The first-order chi connectivity index (χ1) is 9.81. The molecule has 0 saturated carbocycles. The van der Waals surface area contributed by atoms with E-state index in [4.69, 9.17) is 0 Å². The lowest BCUT2D eigenvalue weighted by Gasteiger charge is -2.34. The Bertz CT molecular complexity index is 588. The predicted octanol–water partition coefficient (Wildman–Crippen LogP) is 2.11. The van der Waals surface area contributed by atoms with Crippen molar-refractivity contribution in [2.75, 3.05) is 0 Å². The van der Waals surface area contributed by atoms with Crippen molar-refractivity contribution in [1.29, 1.82) is 0 Å². The van der Waals surface area contributed by atoms with E-state index in [2.05, 4.69) is 15.9 Å². The Balaban J connectivity index is 2.67. The quantitative estimate of drug-likeness (QED) is 0.712. The second-order valence-electron chi connectivity index (χ2n) is 5.01. The summed E-state index contributed by atoms with van der Waals surface area (Å²) in [6.45, 7) is 0. The van der Waals surface area contributed by atoms with Crippen LogP contribution in [0.5, 0.6) is 0 Å². The average molecular weight is 357 g/mol. The highest BCUT2D eigenvalue weighted by atomic mass is 79.9. The Morgan fingerprint density at radius 2 is 1.67 bits per heavy atom. The van der Waals surface area contributed by atoms with Gasteiger partial charge in [-0.2, -0.15) is 0 Å². The fourth-order valence-corrected chi connectivity index (χ4v) is 3.36. The Morgan fingerprint density at radius 3 is 2.19 bits per heavy atom. The molecule has 6 nitrogen and oxygen atoms in total. The van der Waals surface area contributed by atoms with Gasteiger partial charge in [0.05, 0.1) is 0 Å². The summed E-state index contributed by atoms with van der Waals surface area (Å²) in [7, 11) is 0. The molecule has 21 heavy (non-hydrogen) atoms. The summed E-state index contributed by atoms with van der Waals surface area (Å²) in [6, 6.07) is 5.04. The number of hydrogen-bond acceptors (Lipinski definition) is 3. The number of carboxylic acids is 3. The van der Waals surface area contributed by atoms with Crippen LogP contribution in [0.15, 0.2) is 22.7 Å². The molecular formula is C14H13BrO6. The van der Waals surface area contributed by atoms with Gasteiger partial charge < -0.3 is 15.3 Å². The van der Waals surface area contributed by atoms with Crippen LogP contribution in [0.1, 0.15) is 29.9 Å². The van der Waals surface area contributed by atoms with Gasteiger partial charge in [-0.1, -0.05) is 22.0 Å². The van der Waals surface area contributed by atoms with Crippen LogP contribution in [0.4, 0.5) is 0 Å². The molecule has 0 radical (unpaired) electrons. The van der Waals surface area contributed by atoms with Gasteiger partial charge in [-0.05, 0) is 42.5 Å². The van der Waals surface area contributed by atoms with Gasteiger partial charge in [-0.25, -0.2) is 0 Å². The zero-order valence-electron chi connectivity index (χ0n) is 10.9. The van der Waals surface area contributed by atoms with Gasteiger partial charge in [-0.15, -0.1) is 0 Å². The summed E-state index contributed by atoms with van der Waals surface area (Å²) in [5.41, 5.74) is -1.59. The summed E-state index contributed by atoms with van der Waals surface area (Å²) < 4.78 is 0.786. The van der Waals surface area contributed by atoms with E-state index in [0.29, 0.717) is 18.4 Å². The minimum absolute atomic E-state index is 0.208. The first-order valence-corrected chi connectivity index (χ1v) is 7.09. The summed E-state index contributed by atoms with van der Waals surface area (Å²) in [4.78, 5) is 34.5. The number of aryl methyl sites for hydroxylation is 1. The second kappa shape index (κ2) is 5.48. The van der Waals surface area contributed by atoms with Crippen LogP contribution < -0.4 is 0 Å². The largest absolute Gasteiger partial charge is 0.480 e. The van der Waals surface area contributed by atoms with Gasteiger partial charge in [0.25, 0.3) is 5.41 Å². The average Bonchev–Trinajstić information content (AvgIpc) is 2.37. The molecule has 112 valence electrons. The molecule has 3 N–H and O–H groups in total. The molecule has 7 heteroatoms. The smallest absolute Gasteiger partial charge is 0.333 e. The monoisotopic (exact) mass is 356 g/mol. The number of benzene rings is 1. The van der Waals surface area contributed by atoms with Gasteiger partial charge in [0.2, 0.25) is 0 Å². The van der Waals surface area contributed by atoms with Crippen molar-refractivity contribution in [2.24, 2.45) is 5.41 Å². The maximum atomic E-state index is 11.5. The molecule has 1 aromatic rings. The fourth-order valence-electron chi connectivity index (χ4n) is 2.95. The molecule has 0 spiro atoms. The molecule has 1 unspecified atom stereocenters. The van der Waals surface area contributed by atoms with Crippen LogP contribution in [-0.4, -0.2) is 33.2 Å². The molecule has 1 aromatic carbocycles. The summed E-state index contributed by atoms with van der Waals surface area (Å²) in [5, 5.41) is 28.0. The van der Waals surface area contributed by atoms with Gasteiger partial charge in [0.1, 0.15) is 0 Å². The number of rotatable bonds is 4. The number of aliphatic carboxylic acids is 3. The molecule has 0 fully saturated rings. The summed E-state index contributed by atoms with van der Waals surface area (Å²) in [5.74, 6) is -6.63. The van der Waals surface area contributed by atoms with Crippen molar-refractivity contribution in [1.82, 2.24) is 0 Å². The molecule has 0 heterocycles. The highest BCUT2D eigenvalue weighted by Gasteiger charge is 2.61. The lowest BCUT2D eigenvalue weighted by molar-refractivity contribution is -0.178. The predicted molar refractivity (Wildman–Crippen MR) is 75.2 cm³/mol. The van der Waals surface area contributed by atoms with Gasteiger partial charge in [0.15, 0.2) is 0 Å². The van der Waals surface area contributed by atoms with Crippen LogP contribution in [0.2, 0.25) is 0 Å². The number of fused-ring (bicyclic) bond motifs is 1. The van der Waals surface area contributed by atoms with Crippen LogP contribution in [0.25, 0.3) is 0 Å². The van der Waals surface area contributed by atoms with E-state index in [9.17, 15) is 29.7 Å². The molecule has 0 bridgehead atoms. The van der Waals surface area contributed by atoms with Crippen molar-refractivity contribution < 1.29 is 29.7 Å². The SMILES string of the molecule is O=C(O)C(C(=O)O)(C(=O)O)C1CCCc2cc(Br)ccc21. The molecular weight excluding hydrogens is 344 g/mol. The Labute approximate surface area is 128 Å². The Kier molecular flexibility index (Phi) is 4.04. The van der Waals surface area contributed by atoms with E-state index in [-0.39, 0.29) is 6.42 Å². The van der Waals surface area contributed by atoms with E-state index in [1.54, 1.807) is 18.2 Å². The number of carbonyl (C=O) groups is 3. The van der Waals surface area contributed by atoms with Crippen molar-refractivity contribution in [3.05, 3.63) is 33.8 Å². The van der Waals surface area contributed by atoms with Crippen LogP contribution >= 0.6 is 15.9 Å². The van der Waals surface area contributed by atoms with Crippen molar-refractivity contribution in [3.63, 3.8) is 0 Å². The van der Waals surface area contributed by atoms with E-state index < -0.39 is 29.2 Å². The van der Waals surface area contributed by atoms with Crippen molar-refractivity contribution >= 4 is 33.8 Å². The third-order valence-electron chi connectivity index (χ3n) is 3.95. The van der Waals surface area contributed by atoms with Gasteiger partial charge in [-0.3, -0.25) is 14.4 Å². The molecule has 1 atom stereocenters. The zero-order chi connectivity index (χ0) is 15.8. The van der Waals surface area contributed by atoms with Gasteiger partial charge in [0, 0.05) is 10.4 Å². The van der Waals surface area contributed by atoms with Crippen LogP contribution in [0, 0.1) is 5.41 Å². The Hall–Kier alpha value is -1.89. The lowest BCUT2D eigenvalue weighted by atomic mass is 9.66. The third kappa shape index (κ3) is 2.31. The molecule has 1 aliphatic carbocycles. The molecule has 0 saturated heterocycles. The number of halogens is 1. The number of hydrogen-bond donors (Lipinski definition) is 3. The maximum absolute atomic E-state index is 11.5. The van der Waals surface area contributed by atoms with E-state index in [1.807, 2.05) is 0 Å². The zero-order valence-corrected chi connectivity index (χ0v) is 12.5. The first kappa shape index (κ1) is 15.5. The molecule has 1 aliphatic rings. The van der Waals surface area contributed by atoms with Crippen molar-refractivity contribution in [2.45, 2.75) is 25.2 Å². The minimum atomic E-state index is -2.86. The Morgan fingerprint density at radius 1 is 1.10 bits per heavy atom. The molecule has 2 rings (SSSR count). The molecule has 0 amide bonds. The number of carboxylic acid groups (broad SMARTS) is 3. The maximum Gasteiger partial charge on any atom is 0.333 e. The standard InChI is InChI=1S/C14H13BrO6/c15-8-4-5-9-7(6-8)2-1-3-10(9)14(11(16)17,12(18)19)13(20)21/h4-6,10H,1-3H2,(H,16,17)(H,18,19)(H,20,21). The van der Waals surface area contributed by atoms with Crippen LogP contribution in [-0.2, 0) is 20.8 Å². The first-order valence-electron chi connectivity index (χ1n) is 6.30. The molecule has 0 aromatic heterocycles. The second-order valence-corrected chi connectivity index (χ2v) is 5.93. The highest BCUT2D eigenvalue weighted by Crippen LogP contribution is 2.45. The van der Waals surface area contributed by atoms with Crippen molar-refractivity contribution in [3.8, 4) is 0 Å². The third-order valence-corrected chi connectivity index (χ3v) is 4.45. The van der Waals surface area contributed by atoms with Gasteiger partial charge >= 0.3 is 17.9 Å². The van der Waals surface area contributed by atoms with E-state index >= 15 is 0 Å². The van der Waals surface area contributed by atoms with Crippen LogP contribution in [0.3, 0.4) is 0 Å². The lowest BCUT2D eigenvalue weighted by Crippen LogP contribution is -2.51. The highest BCUT2D eigenvalue weighted by molar-refractivity contribution is 9.10. The van der Waals surface area contributed by atoms with E-state index in [1.165, 1.54) is 0 Å². The minimum Gasteiger partial charge on any atom is -0.480 e. The topological polar surface area (TPSA) is 112 Å². The van der Waals surface area contributed by atoms with E-state index in [0.717, 1.165) is 10.0 Å². The normalized spacial score (nSPS) is 17.9. The summed E-state index contributed by atoms with van der Waals surface area (Å²) >= 11 is 3.30. The molecule has 0 aliphatic heterocycles. The fraction of sp³-hybridized carbons (Fsp3) is 0.357. The summed E-state index contributed by atoms with van der Waals surface area (Å²) in [6.07, 6.45) is 1.42.